The molecule has 2 aromatic rings. The molecule has 0 atom stereocenters. The van der Waals surface area contributed by atoms with E-state index >= 15 is 0 Å². The molecule has 3 N–H and O–H groups in total. The lowest BCUT2D eigenvalue weighted by Crippen LogP contribution is -2.25. The van der Waals surface area contributed by atoms with Crippen molar-refractivity contribution in [3.05, 3.63) is 24.3 Å². The van der Waals surface area contributed by atoms with Crippen molar-refractivity contribution < 1.29 is 9.53 Å². The van der Waals surface area contributed by atoms with E-state index in [-0.39, 0.29) is 11.9 Å². The Morgan fingerprint density at radius 3 is 2.65 bits per heavy atom. The van der Waals surface area contributed by atoms with Gasteiger partial charge >= 0.3 is 0 Å². The first kappa shape index (κ1) is 15.3. The van der Waals surface area contributed by atoms with Crippen LogP contribution in [0.5, 0.6) is 5.75 Å². The number of rotatable bonds is 7. The number of anilines is 3. The first-order valence-electron chi connectivity index (χ1n) is 7.64. The second kappa shape index (κ2) is 7.10. The van der Waals surface area contributed by atoms with Crippen LogP contribution in [0.4, 0.5) is 17.6 Å². The molecule has 0 bridgehead atoms. The van der Waals surface area contributed by atoms with Gasteiger partial charge in [-0.2, -0.15) is 9.67 Å². The van der Waals surface area contributed by atoms with E-state index in [1.807, 2.05) is 24.3 Å². The Balaban J connectivity index is 1.50. The number of ether oxygens (including phenoxy) is 1. The highest BCUT2D eigenvalue weighted by atomic mass is 16.5. The molecule has 0 amide bonds. The Morgan fingerprint density at radius 2 is 2.00 bits per heavy atom. The lowest BCUT2D eigenvalue weighted by molar-refractivity contribution is 0.238. The summed E-state index contributed by atoms with van der Waals surface area (Å²) in [5, 5.41) is 6.89. The number of benzene rings is 1. The minimum atomic E-state index is 0.0457. The minimum Gasteiger partial charge on any atom is -0.492 e. The molecule has 1 aromatic heterocycles. The fourth-order valence-electron chi connectivity index (χ4n) is 2.53. The van der Waals surface area contributed by atoms with Crippen molar-refractivity contribution in [2.75, 3.05) is 37.3 Å². The van der Waals surface area contributed by atoms with Crippen LogP contribution in [0.15, 0.2) is 24.3 Å². The Bertz CT molecular complexity index is 648. The van der Waals surface area contributed by atoms with Gasteiger partial charge in [0.15, 0.2) is 0 Å². The average Bonchev–Trinajstić information content (AvgIpc) is 3.18. The first-order valence-corrected chi connectivity index (χ1v) is 7.64. The van der Waals surface area contributed by atoms with Crippen molar-refractivity contribution in [3.63, 3.8) is 0 Å². The molecule has 0 aliphatic carbocycles. The molecule has 1 aliphatic rings. The molecule has 0 spiro atoms. The van der Waals surface area contributed by atoms with Gasteiger partial charge < -0.3 is 15.8 Å². The van der Waals surface area contributed by atoms with E-state index in [0.717, 1.165) is 22.7 Å². The fourth-order valence-corrected chi connectivity index (χ4v) is 2.53. The van der Waals surface area contributed by atoms with Crippen molar-refractivity contribution in [3.8, 4) is 5.75 Å². The standard InChI is InChI=1S/C15H20N6O2/c16-14-18-15(19-21(14)11-22)17-12-3-5-13(6-4-12)23-10-9-20-7-1-2-8-20/h3-6,11H,1-2,7-10H2,(H3,16,17,18,19). The maximum absolute atomic E-state index is 10.7. The second-order valence-corrected chi connectivity index (χ2v) is 5.39. The third-order valence-electron chi connectivity index (χ3n) is 3.74. The summed E-state index contributed by atoms with van der Waals surface area (Å²) in [5.41, 5.74) is 6.32. The molecule has 1 fully saturated rings. The highest BCUT2D eigenvalue weighted by Crippen LogP contribution is 2.19. The van der Waals surface area contributed by atoms with Crippen LogP contribution in [0, 0.1) is 0 Å². The van der Waals surface area contributed by atoms with Crippen LogP contribution in [-0.4, -0.2) is 52.3 Å². The maximum atomic E-state index is 10.7. The molecule has 8 heteroatoms. The predicted octanol–water partition coefficient (Wildman–Crippen LogP) is 1.12. The number of carbonyl (C=O) groups is 1. The van der Waals surface area contributed by atoms with E-state index in [0.29, 0.717) is 13.0 Å². The molecule has 23 heavy (non-hydrogen) atoms. The molecule has 1 saturated heterocycles. The van der Waals surface area contributed by atoms with Gasteiger partial charge in [-0.15, -0.1) is 5.10 Å². The number of likely N-dealkylation sites (tertiary alicyclic amines) is 1. The normalized spacial score (nSPS) is 14.8. The highest BCUT2D eigenvalue weighted by Gasteiger charge is 2.10. The molecule has 0 saturated carbocycles. The van der Waals surface area contributed by atoms with E-state index in [4.69, 9.17) is 10.5 Å². The summed E-state index contributed by atoms with van der Waals surface area (Å²) >= 11 is 0. The largest absolute Gasteiger partial charge is 0.492 e. The van der Waals surface area contributed by atoms with Gasteiger partial charge in [-0.25, -0.2) is 0 Å². The minimum absolute atomic E-state index is 0.0457. The Morgan fingerprint density at radius 1 is 1.26 bits per heavy atom. The summed E-state index contributed by atoms with van der Waals surface area (Å²) in [6, 6.07) is 7.49. The van der Waals surface area contributed by atoms with Gasteiger partial charge in [0.25, 0.3) is 0 Å². The zero-order chi connectivity index (χ0) is 16.1. The van der Waals surface area contributed by atoms with Gasteiger partial charge in [0.2, 0.25) is 18.3 Å². The fraction of sp³-hybridized carbons (Fsp3) is 0.400. The molecule has 3 rings (SSSR count). The molecule has 1 aliphatic heterocycles. The quantitative estimate of drug-likeness (QED) is 0.738. The lowest BCUT2D eigenvalue weighted by atomic mass is 10.3. The number of nitrogens with one attached hydrogen (secondary N) is 1. The maximum Gasteiger partial charge on any atom is 0.248 e. The summed E-state index contributed by atoms with van der Waals surface area (Å²) < 4.78 is 6.71. The van der Waals surface area contributed by atoms with Crippen molar-refractivity contribution >= 4 is 24.0 Å². The molecular weight excluding hydrogens is 296 g/mol. The van der Waals surface area contributed by atoms with Gasteiger partial charge in [-0.05, 0) is 50.2 Å². The van der Waals surface area contributed by atoms with Crippen LogP contribution in [0.1, 0.15) is 12.8 Å². The molecule has 2 heterocycles. The SMILES string of the molecule is Nc1nc(Nc2ccc(OCCN3CCCC3)cc2)nn1C=O. The summed E-state index contributed by atoms with van der Waals surface area (Å²) in [5.74, 6) is 1.14. The molecule has 0 unspecified atom stereocenters. The third-order valence-corrected chi connectivity index (χ3v) is 3.74. The van der Waals surface area contributed by atoms with Crippen LogP contribution in [-0.2, 0) is 4.79 Å². The van der Waals surface area contributed by atoms with E-state index < -0.39 is 0 Å². The number of hydrogen-bond donors (Lipinski definition) is 2. The topological polar surface area (TPSA) is 98.3 Å². The van der Waals surface area contributed by atoms with Gasteiger partial charge in [0, 0.05) is 12.2 Å². The predicted molar refractivity (Wildman–Crippen MR) is 87.5 cm³/mol. The van der Waals surface area contributed by atoms with Gasteiger partial charge in [0.1, 0.15) is 12.4 Å². The Labute approximate surface area is 134 Å². The average molecular weight is 316 g/mol. The van der Waals surface area contributed by atoms with E-state index in [2.05, 4.69) is 20.3 Å². The highest BCUT2D eigenvalue weighted by molar-refractivity contribution is 5.60. The molecule has 0 radical (unpaired) electrons. The van der Waals surface area contributed by atoms with Gasteiger partial charge in [-0.1, -0.05) is 0 Å². The molecule has 8 nitrogen and oxygen atoms in total. The van der Waals surface area contributed by atoms with E-state index in [1.165, 1.54) is 25.9 Å². The smallest absolute Gasteiger partial charge is 0.248 e. The second-order valence-electron chi connectivity index (χ2n) is 5.39. The summed E-state index contributed by atoms with van der Waals surface area (Å²) in [7, 11) is 0. The van der Waals surface area contributed by atoms with Crippen LogP contribution < -0.4 is 15.8 Å². The first-order chi connectivity index (χ1) is 11.2. The van der Waals surface area contributed by atoms with Crippen molar-refractivity contribution in [2.24, 2.45) is 0 Å². The molecule has 122 valence electrons. The number of hydrogen-bond acceptors (Lipinski definition) is 7. The molecule has 1 aromatic carbocycles. The van der Waals surface area contributed by atoms with Crippen LogP contribution in [0.25, 0.3) is 0 Å². The number of nitrogens with two attached hydrogens (primary N) is 1. The van der Waals surface area contributed by atoms with E-state index in [1.54, 1.807) is 0 Å². The summed E-state index contributed by atoms with van der Waals surface area (Å²) in [6.07, 6.45) is 3.09. The zero-order valence-corrected chi connectivity index (χ0v) is 12.8. The van der Waals surface area contributed by atoms with Crippen LogP contribution in [0.3, 0.4) is 0 Å². The van der Waals surface area contributed by atoms with Crippen LogP contribution >= 0.6 is 0 Å². The monoisotopic (exact) mass is 316 g/mol. The van der Waals surface area contributed by atoms with Gasteiger partial charge in [-0.3, -0.25) is 9.69 Å². The lowest BCUT2D eigenvalue weighted by Gasteiger charge is -2.15. The summed E-state index contributed by atoms with van der Waals surface area (Å²) in [4.78, 5) is 17.0. The van der Waals surface area contributed by atoms with Crippen molar-refractivity contribution in [2.45, 2.75) is 12.8 Å². The number of nitrogen functional groups attached to an aromatic ring is 1. The number of nitrogens with zero attached hydrogens (tertiary/aromatic N) is 4. The van der Waals surface area contributed by atoms with Crippen molar-refractivity contribution in [1.82, 2.24) is 19.7 Å². The Hall–Kier alpha value is -2.61. The number of carbonyl (C=O) groups excluding carboxylic acids is 1. The Kier molecular flexibility index (Phi) is 4.72. The van der Waals surface area contributed by atoms with Gasteiger partial charge in [0.05, 0.1) is 0 Å². The summed E-state index contributed by atoms with van der Waals surface area (Å²) in [6.45, 7) is 4.01. The molecular formula is C15H20N6O2. The zero-order valence-electron chi connectivity index (χ0n) is 12.8. The van der Waals surface area contributed by atoms with Crippen molar-refractivity contribution in [1.29, 1.82) is 0 Å². The number of aromatic nitrogens is 3. The van der Waals surface area contributed by atoms with Crippen LogP contribution in [0.2, 0.25) is 0 Å². The third kappa shape index (κ3) is 3.98. The van der Waals surface area contributed by atoms with E-state index in [9.17, 15) is 4.79 Å².